The topological polar surface area (TPSA) is 55.8 Å². The van der Waals surface area contributed by atoms with E-state index in [2.05, 4.69) is 13.1 Å². The Balaban J connectivity index is 1.41. The number of carbonyl (C=O) groups excluding carboxylic acids is 1. The molecule has 0 radical (unpaired) electrons. The SMILES string of the molecule is C[N+]1(CC2CC2)CC[C@]23c4c5ccc(O)c4O[C@H]2C(=O)CC[C@@]3(OCc2ccc(Cl)cc2)[C@H]1C5. The van der Waals surface area contributed by atoms with Crippen molar-refractivity contribution in [2.75, 3.05) is 20.1 Å². The second-order valence-corrected chi connectivity index (χ2v) is 11.9. The van der Waals surface area contributed by atoms with Crippen LogP contribution in [0.25, 0.3) is 0 Å². The summed E-state index contributed by atoms with van der Waals surface area (Å²) in [6.45, 7) is 2.66. The molecule has 2 heterocycles. The fraction of sp³-hybridized carbons (Fsp3) is 0.536. The molecule has 34 heavy (non-hydrogen) atoms. The molecule has 2 saturated carbocycles. The first-order valence-electron chi connectivity index (χ1n) is 12.6. The first kappa shape index (κ1) is 21.2. The molecule has 178 valence electrons. The monoisotopic (exact) mass is 480 g/mol. The molecule has 5 atom stereocenters. The second kappa shape index (κ2) is 6.99. The number of ketones is 1. The molecule has 1 spiro atoms. The molecule has 6 heteroatoms. The van der Waals surface area contributed by atoms with Crippen molar-refractivity contribution in [2.24, 2.45) is 5.92 Å². The third-order valence-electron chi connectivity index (χ3n) is 9.65. The Labute approximate surface area is 205 Å². The summed E-state index contributed by atoms with van der Waals surface area (Å²) in [4.78, 5) is 13.4. The highest BCUT2D eigenvalue weighted by atomic mass is 35.5. The number of likely N-dealkylation sites (tertiary alicyclic amines) is 1. The fourth-order valence-electron chi connectivity index (χ4n) is 7.99. The molecule has 7 rings (SSSR count). The van der Waals surface area contributed by atoms with E-state index in [1.165, 1.54) is 24.9 Å². The predicted molar refractivity (Wildman–Crippen MR) is 128 cm³/mol. The number of ether oxygens (including phenoxy) is 2. The van der Waals surface area contributed by atoms with Gasteiger partial charge >= 0.3 is 0 Å². The number of piperidine rings is 1. The van der Waals surface area contributed by atoms with Crippen molar-refractivity contribution in [2.45, 2.75) is 68.3 Å². The number of likely N-dealkylation sites (N-methyl/N-ethyl adjacent to an activating group) is 1. The number of quaternary nitrogens is 1. The Morgan fingerprint density at radius 1 is 1.18 bits per heavy atom. The minimum Gasteiger partial charge on any atom is -0.504 e. The standard InChI is InChI=1S/C28H30ClNO4/c1-30(15-17-2-3-17)13-12-27-24-19-6-9-21(31)25(24)34-26(27)22(32)10-11-28(27,23(30)14-19)33-16-18-4-7-20(29)8-5-18/h4-9,17,23,26H,2-3,10-16H2,1H3/p+1/t23-,26+,27+,28-,30?/m1/s1. The van der Waals surface area contributed by atoms with E-state index in [4.69, 9.17) is 21.1 Å². The first-order chi connectivity index (χ1) is 16.4. The second-order valence-electron chi connectivity index (χ2n) is 11.5. The van der Waals surface area contributed by atoms with Gasteiger partial charge in [-0.3, -0.25) is 4.79 Å². The average molecular weight is 481 g/mol. The smallest absolute Gasteiger partial charge is 0.174 e. The summed E-state index contributed by atoms with van der Waals surface area (Å²) in [5, 5.41) is 11.5. The van der Waals surface area contributed by atoms with Gasteiger partial charge in [-0.05, 0) is 48.6 Å². The molecule has 2 aliphatic heterocycles. The number of hydrogen-bond acceptors (Lipinski definition) is 4. The Kier molecular flexibility index (Phi) is 4.36. The number of phenols is 1. The number of hydrogen-bond donors (Lipinski definition) is 1. The van der Waals surface area contributed by atoms with Gasteiger partial charge in [0.1, 0.15) is 11.6 Å². The van der Waals surface area contributed by atoms with Gasteiger partial charge in [-0.25, -0.2) is 0 Å². The van der Waals surface area contributed by atoms with Crippen LogP contribution in [0, 0.1) is 5.92 Å². The van der Waals surface area contributed by atoms with Crippen LogP contribution in [-0.2, 0) is 28.0 Å². The van der Waals surface area contributed by atoms with Crippen LogP contribution in [0.4, 0.5) is 0 Å². The van der Waals surface area contributed by atoms with Crippen molar-refractivity contribution >= 4 is 17.4 Å². The molecule has 5 nitrogen and oxygen atoms in total. The molecule has 1 saturated heterocycles. The highest BCUT2D eigenvalue weighted by Crippen LogP contribution is 2.67. The highest BCUT2D eigenvalue weighted by Gasteiger charge is 2.77. The minimum atomic E-state index is -0.578. The molecular weight excluding hydrogens is 450 g/mol. The van der Waals surface area contributed by atoms with Gasteiger partial charge < -0.3 is 19.1 Å². The number of aromatic hydroxyl groups is 1. The molecule has 3 aliphatic carbocycles. The maximum absolute atomic E-state index is 13.4. The quantitative estimate of drug-likeness (QED) is 0.638. The van der Waals surface area contributed by atoms with Gasteiger partial charge in [0.05, 0.1) is 32.2 Å². The fourth-order valence-corrected chi connectivity index (χ4v) is 8.12. The molecular formula is C28H31ClNO4+. The maximum atomic E-state index is 13.4. The van der Waals surface area contributed by atoms with Gasteiger partial charge in [0.15, 0.2) is 23.4 Å². The van der Waals surface area contributed by atoms with Crippen molar-refractivity contribution in [1.82, 2.24) is 0 Å². The summed E-state index contributed by atoms with van der Waals surface area (Å²) in [6, 6.07) is 11.9. The van der Waals surface area contributed by atoms with E-state index in [0.717, 1.165) is 40.9 Å². The first-order valence-corrected chi connectivity index (χ1v) is 13.0. The summed E-state index contributed by atoms with van der Waals surface area (Å²) in [5.74, 6) is 1.60. The van der Waals surface area contributed by atoms with E-state index in [-0.39, 0.29) is 17.6 Å². The summed E-state index contributed by atoms with van der Waals surface area (Å²) in [6.07, 6.45) is 4.96. The number of rotatable bonds is 5. The number of carbonyl (C=O) groups is 1. The summed E-state index contributed by atoms with van der Waals surface area (Å²) in [5.41, 5.74) is 2.30. The van der Waals surface area contributed by atoms with Gasteiger partial charge in [-0.15, -0.1) is 0 Å². The van der Waals surface area contributed by atoms with E-state index < -0.39 is 17.1 Å². The lowest BCUT2D eigenvalue weighted by Gasteiger charge is -2.66. The molecule has 1 unspecified atom stereocenters. The molecule has 1 N–H and O–H groups in total. The summed E-state index contributed by atoms with van der Waals surface area (Å²) < 4.78 is 14.5. The van der Waals surface area contributed by atoms with E-state index in [9.17, 15) is 9.90 Å². The summed E-state index contributed by atoms with van der Waals surface area (Å²) >= 11 is 6.13. The van der Waals surface area contributed by atoms with E-state index in [1.807, 2.05) is 24.3 Å². The number of Topliss-reactive ketones (excluding diaryl/α,β-unsaturated/α-hetero) is 1. The normalized spacial score (nSPS) is 37.3. The van der Waals surface area contributed by atoms with Crippen LogP contribution < -0.4 is 4.74 Å². The molecule has 0 aromatic heterocycles. The summed E-state index contributed by atoms with van der Waals surface area (Å²) in [7, 11) is 2.41. The lowest BCUT2D eigenvalue weighted by molar-refractivity contribution is -0.950. The van der Waals surface area contributed by atoms with Crippen LogP contribution >= 0.6 is 11.6 Å². The number of phenolic OH excluding ortho intramolecular Hbond substituents is 1. The Morgan fingerprint density at radius 3 is 2.74 bits per heavy atom. The van der Waals surface area contributed by atoms with Gasteiger partial charge in [0.25, 0.3) is 0 Å². The molecule has 2 aromatic carbocycles. The zero-order valence-corrected chi connectivity index (χ0v) is 20.3. The lowest BCUT2D eigenvalue weighted by atomic mass is 9.48. The zero-order valence-electron chi connectivity index (χ0n) is 19.6. The van der Waals surface area contributed by atoms with Crippen LogP contribution in [-0.4, -0.2) is 53.3 Å². The van der Waals surface area contributed by atoms with Crippen molar-refractivity contribution in [3.63, 3.8) is 0 Å². The van der Waals surface area contributed by atoms with Crippen LogP contribution in [0.15, 0.2) is 36.4 Å². The number of halogens is 1. The van der Waals surface area contributed by atoms with Gasteiger partial charge in [-0.1, -0.05) is 29.8 Å². The molecule has 0 amide bonds. The average Bonchev–Trinajstić information content (AvgIpc) is 3.55. The largest absolute Gasteiger partial charge is 0.504 e. The molecule has 2 bridgehead atoms. The zero-order chi connectivity index (χ0) is 23.3. The van der Waals surface area contributed by atoms with Crippen LogP contribution in [0.2, 0.25) is 5.02 Å². The van der Waals surface area contributed by atoms with Crippen molar-refractivity contribution in [1.29, 1.82) is 0 Å². The molecule has 3 fully saturated rings. The number of benzene rings is 2. The highest BCUT2D eigenvalue weighted by molar-refractivity contribution is 6.30. The van der Waals surface area contributed by atoms with Crippen LogP contribution in [0.5, 0.6) is 11.5 Å². The predicted octanol–water partition coefficient (Wildman–Crippen LogP) is 4.55. The minimum absolute atomic E-state index is 0.140. The third kappa shape index (κ3) is 2.66. The van der Waals surface area contributed by atoms with E-state index >= 15 is 0 Å². The van der Waals surface area contributed by atoms with Crippen molar-refractivity contribution < 1.29 is 23.9 Å². The number of nitrogens with zero attached hydrogens (tertiary/aromatic N) is 1. The van der Waals surface area contributed by atoms with Crippen LogP contribution in [0.3, 0.4) is 0 Å². The molecule has 2 aromatic rings. The maximum Gasteiger partial charge on any atom is 0.174 e. The van der Waals surface area contributed by atoms with Crippen LogP contribution in [0.1, 0.15) is 48.8 Å². The van der Waals surface area contributed by atoms with Gasteiger partial charge in [-0.2, -0.15) is 0 Å². The third-order valence-corrected chi connectivity index (χ3v) is 9.90. The Hall–Kier alpha value is -2.08. The molecule has 5 aliphatic rings. The van der Waals surface area contributed by atoms with Crippen molar-refractivity contribution in [3.05, 3.63) is 58.1 Å². The lowest BCUT2D eigenvalue weighted by Crippen LogP contribution is -2.81. The van der Waals surface area contributed by atoms with Crippen molar-refractivity contribution in [3.8, 4) is 11.5 Å². The Morgan fingerprint density at radius 2 is 1.97 bits per heavy atom. The van der Waals surface area contributed by atoms with Gasteiger partial charge in [0, 0.05) is 35.8 Å². The Bertz CT molecular complexity index is 1190. The van der Waals surface area contributed by atoms with E-state index in [1.54, 1.807) is 6.07 Å². The van der Waals surface area contributed by atoms with E-state index in [0.29, 0.717) is 30.2 Å². The van der Waals surface area contributed by atoms with Gasteiger partial charge in [0.2, 0.25) is 0 Å².